The number of nitrogens with one attached hydrogen (secondary N) is 1. The smallest absolute Gasteiger partial charge is 0.180 e. The Bertz CT molecular complexity index is 421. The molecule has 6 heteroatoms. The van der Waals surface area contributed by atoms with Crippen LogP contribution >= 0.6 is 22.7 Å². The number of nitrogens with two attached hydrogens (primary N) is 1. The standard InChI is InChI=1S/C11H16N4S2/c1-8-14-9(6-16-8)2-4-13-5-3-10-7-17-11(12)15-10/h6-7,13H,2-5H2,1H3,(H2,12,15). The maximum Gasteiger partial charge on any atom is 0.180 e. The molecule has 0 fully saturated rings. The number of aromatic nitrogens is 2. The lowest BCUT2D eigenvalue weighted by Crippen LogP contribution is -2.20. The van der Waals surface area contributed by atoms with E-state index in [9.17, 15) is 0 Å². The first-order valence-corrected chi connectivity index (χ1v) is 7.31. The average molecular weight is 268 g/mol. The molecule has 0 saturated heterocycles. The molecule has 0 aliphatic heterocycles. The minimum Gasteiger partial charge on any atom is -0.375 e. The Kier molecular flexibility index (Phi) is 4.47. The molecule has 0 bridgehead atoms. The van der Waals surface area contributed by atoms with Gasteiger partial charge in [0.2, 0.25) is 0 Å². The maximum absolute atomic E-state index is 5.57. The van der Waals surface area contributed by atoms with E-state index in [1.165, 1.54) is 17.0 Å². The first kappa shape index (κ1) is 12.5. The van der Waals surface area contributed by atoms with Crippen molar-refractivity contribution in [1.82, 2.24) is 15.3 Å². The van der Waals surface area contributed by atoms with Gasteiger partial charge in [-0.1, -0.05) is 0 Å². The third-order valence-corrected chi connectivity index (χ3v) is 3.90. The summed E-state index contributed by atoms with van der Waals surface area (Å²) in [6, 6.07) is 0. The van der Waals surface area contributed by atoms with Crippen LogP contribution in [0.1, 0.15) is 16.4 Å². The molecule has 0 spiro atoms. The summed E-state index contributed by atoms with van der Waals surface area (Å²) in [5.74, 6) is 0. The van der Waals surface area contributed by atoms with E-state index in [-0.39, 0.29) is 0 Å². The molecule has 2 aromatic rings. The van der Waals surface area contributed by atoms with Crippen molar-refractivity contribution in [2.75, 3.05) is 18.8 Å². The molecule has 4 nitrogen and oxygen atoms in total. The molecule has 92 valence electrons. The lowest BCUT2D eigenvalue weighted by atomic mass is 10.3. The molecular formula is C11H16N4S2. The number of nitrogens with zero attached hydrogens (tertiary/aromatic N) is 2. The highest BCUT2D eigenvalue weighted by Gasteiger charge is 1.99. The van der Waals surface area contributed by atoms with Crippen molar-refractivity contribution in [2.24, 2.45) is 0 Å². The zero-order chi connectivity index (χ0) is 12.1. The van der Waals surface area contributed by atoms with E-state index in [1.807, 2.05) is 12.3 Å². The normalized spacial score (nSPS) is 10.9. The van der Waals surface area contributed by atoms with E-state index in [4.69, 9.17) is 5.73 Å². The fourth-order valence-corrected chi connectivity index (χ4v) is 2.76. The molecule has 0 aromatic carbocycles. The summed E-state index contributed by atoms with van der Waals surface area (Å²) in [4.78, 5) is 8.64. The van der Waals surface area contributed by atoms with Crippen LogP contribution in [0.15, 0.2) is 10.8 Å². The second-order valence-corrected chi connectivity index (χ2v) is 5.74. The monoisotopic (exact) mass is 268 g/mol. The molecule has 0 aliphatic carbocycles. The van der Waals surface area contributed by atoms with Crippen LogP contribution in [0, 0.1) is 6.92 Å². The first-order chi connectivity index (χ1) is 8.24. The van der Waals surface area contributed by atoms with Gasteiger partial charge in [-0.3, -0.25) is 0 Å². The minimum absolute atomic E-state index is 0.651. The van der Waals surface area contributed by atoms with Crippen LogP contribution in [-0.4, -0.2) is 23.1 Å². The van der Waals surface area contributed by atoms with E-state index >= 15 is 0 Å². The van der Waals surface area contributed by atoms with Crippen LogP contribution in [-0.2, 0) is 12.8 Å². The third-order valence-electron chi connectivity index (χ3n) is 2.35. The molecule has 0 atom stereocenters. The number of anilines is 1. The fourth-order valence-electron chi connectivity index (χ4n) is 1.52. The molecule has 0 amide bonds. The van der Waals surface area contributed by atoms with E-state index in [1.54, 1.807) is 11.3 Å². The van der Waals surface area contributed by atoms with E-state index in [2.05, 4.69) is 20.7 Å². The van der Waals surface area contributed by atoms with Gasteiger partial charge in [-0.05, 0) is 6.92 Å². The van der Waals surface area contributed by atoms with Crippen LogP contribution in [0.2, 0.25) is 0 Å². The average Bonchev–Trinajstić information content (AvgIpc) is 2.88. The Morgan fingerprint density at radius 3 is 2.29 bits per heavy atom. The Labute approximate surface area is 109 Å². The molecule has 2 rings (SSSR count). The highest BCUT2D eigenvalue weighted by Crippen LogP contribution is 2.11. The maximum atomic E-state index is 5.57. The van der Waals surface area contributed by atoms with Crippen molar-refractivity contribution in [1.29, 1.82) is 0 Å². The number of rotatable bonds is 6. The van der Waals surface area contributed by atoms with Crippen molar-refractivity contribution in [2.45, 2.75) is 19.8 Å². The molecule has 0 saturated carbocycles. The Morgan fingerprint density at radius 2 is 1.76 bits per heavy atom. The van der Waals surface area contributed by atoms with Crippen molar-refractivity contribution in [3.8, 4) is 0 Å². The summed E-state index contributed by atoms with van der Waals surface area (Å²) in [6.45, 7) is 3.93. The van der Waals surface area contributed by atoms with Crippen LogP contribution in [0.3, 0.4) is 0 Å². The van der Waals surface area contributed by atoms with Crippen LogP contribution in [0.25, 0.3) is 0 Å². The molecule has 17 heavy (non-hydrogen) atoms. The molecule has 2 aromatic heterocycles. The number of nitrogen functional groups attached to an aromatic ring is 1. The third kappa shape index (κ3) is 4.07. The quantitative estimate of drug-likeness (QED) is 0.785. The van der Waals surface area contributed by atoms with Gasteiger partial charge in [0.25, 0.3) is 0 Å². The predicted molar refractivity (Wildman–Crippen MR) is 73.7 cm³/mol. The second kappa shape index (κ2) is 6.09. The van der Waals surface area contributed by atoms with Gasteiger partial charge in [0.1, 0.15) is 0 Å². The highest BCUT2D eigenvalue weighted by molar-refractivity contribution is 7.13. The van der Waals surface area contributed by atoms with Gasteiger partial charge in [0.05, 0.1) is 16.4 Å². The largest absolute Gasteiger partial charge is 0.375 e. The summed E-state index contributed by atoms with van der Waals surface area (Å²) in [5, 5.41) is 9.32. The van der Waals surface area contributed by atoms with Crippen molar-refractivity contribution in [3.63, 3.8) is 0 Å². The number of hydrogen-bond donors (Lipinski definition) is 2. The number of hydrogen-bond acceptors (Lipinski definition) is 6. The Hall–Kier alpha value is -0.980. The molecule has 3 N–H and O–H groups in total. The lowest BCUT2D eigenvalue weighted by Gasteiger charge is -2.01. The van der Waals surface area contributed by atoms with Gasteiger partial charge < -0.3 is 11.1 Å². The first-order valence-electron chi connectivity index (χ1n) is 5.55. The van der Waals surface area contributed by atoms with Gasteiger partial charge >= 0.3 is 0 Å². The van der Waals surface area contributed by atoms with Crippen LogP contribution < -0.4 is 11.1 Å². The Morgan fingerprint density at radius 1 is 1.12 bits per heavy atom. The number of aryl methyl sites for hydroxylation is 1. The summed E-state index contributed by atoms with van der Waals surface area (Å²) in [7, 11) is 0. The summed E-state index contributed by atoms with van der Waals surface area (Å²) < 4.78 is 0. The summed E-state index contributed by atoms with van der Waals surface area (Å²) >= 11 is 3.20. The van der Waals surface area contributed by atoms with Crippen molar-refractivity contribution < 1.29 is 0 Å². The van der Waals surface area contributed by atoms with Crippen molar-refractivity contribution in [3.05, 3.63) is 27.2 Å². The topological polar surface area (TPSA) is 63.8 Å². The SMILES string of the molecule is Cc1nc(CCNCCc2csc(N)n2)cs1. The van der Waals surface area contributed by atoms with Crippen LogP contribution in [0.5, 0.6) is 0 Å². The molecule has 2 heterocycles. The molecular weight excluding hydrogens is 252 g/mol. The van der Waals surface area contributed by atoms with Gasteiger partial charge in [-0.15, -0.1) is 22.7 Å². The predicted octanol–water partition coefficient (Wildman–Crippen LogP) is 1.87. The van der Waals surface area contributed by atoms with Gasteiger partial charge in [-0.2, -0.15) is 0 Å². The van der Waals surface area contributed by atoms with Crippen molar-refractivity contribution >= 4 is 27.8 Å². The van der Waals surface area contributed by atoms with E-state index in [0.717, 1.165) is 36.6 Å². The molecule has 0 radical (unpaired) electrons. The van der Waals surface area contributed by atoms with Gasteiger partial charge in [0.15, 0.2) is 5.13 Å². The van der Waals surface area contributed by atoms with E-state index in [0.29, 0.717) is 5.13 Å². The highest BCUT2D eigenvalue weighted by atomic mass is 32.1. The molecule has 0 unspecified atom stereocenters. The zero-order valence-electron chi connectivity index (χ0n) is 9.77. The lowest BCUT2D eigenvalue weighted by molar-refractivity contribution is 0.672. The number of thiazole rings is 2. The van der Waals surface area contributed by atoms with E-state index < -0.39 is 0 Å². The Balaban J connectivity index is 1.60. The van der Waals surface area contributed by atoms with Crippen LogP contribution in [0.4, 0.5) is 5.13 Å². The van der Waals surface area contributed by atoms with Gasteiger partial charge in [-0.25, -0.2) is 9.97 Å². The molecule has 0 aliphatic rings. The second-order valence-electron chi connectivity index (χ2n) is 3.78. The fraction of sp³-hybridized carbons (Fsp3) is 0.455. The summed E-state index contributed by atoms with van der Waals surface area (Å²) in [5.41, 5.74) is 7.82. The summed E-state index contributed by atoms with van der Waals surface area (Å²) in [6.07, 6.45) is 1.92. The van der Waals surface area contributed by atoms with Gasteiger partial charge in [0, 0.05) is 36.7 Å². The minimum atomic E-state index is 0.651. The zero-order valence-corrected chi connectivity index (χ0v) is 11.4.